The first-order valence-corrected chi connectivity index (χ1v) is 7.18. The normalized spacial score (nSPS) is 20.5. The van der Waals surface area contributed by atoms with Crippen LogP contribution >= 0.6 is 0 Å². The minimum Gasteiger partial charge on any atom is -0.400 e. The Balaban J connectivity index is 2.24. The van der Waals surface area contributed by atoms with Gasteiger partial charge >= 0.3 is 9.28 Å². The van der Waals surface area contributed by atoms with E-state index >= 15 is 0 Å². The highest BCUT2D eigenvalue weighted by Crippen LogP contribution is 2.26. The zero-order valence-electron chi connectivity index (χ0n) is 8.92. The van der Waals surface area contributed by atoms with Crippen molar-refractivity contribution in [3.8, 4) is 0 Å². The molecule has 0 spiro atoms. The smallest absolute Gasteiger partial charge is 0.321 e. The molecule has 0 aliphatic heterocycles. The highest BCUT2D eigenvalue weighted by Gasteiger charge is 2.19. The van der Waals surface area contributed by atoms with Gasteiger partial charge in [-0.25, -0.2) is 0 Å². The van der Waals surface area contributed by atoms with E-state index in [-0.39, 0.29) is 0 Å². The molecule has 1 saturated carbocycles. The first kappa shape index (κ1) is 11.2. The Bertz CT molecular complexity index is 118. The third kappa shape index (κ3) is 4.25. The van der Waals surface area contributed by atoms with Crippen LogP contribution in [0.5, 0.6) is 0 Å². The van der Waals surface area contributed by atoms with Gasteiger partial charge in [-0.05, 0) is 12.0 Å². The fraction of sp³-hybridized carbons (Fsp3) is 1.00. The second-order valence-electron chi connectivity index (χ2n) is 3.99. The molecule has 0 radical (unpaired) electrons. The first-order chi connectivity index (χ1) is 6.36. The molecule has 78 valence electrons. The van der Waals surface area contributed by atoms with Crippen LogP contribution in [-0.2, 0) is 8.85 Å². The van der Waals surface area contributed by atoms with Gasteiger partial charge in [0.25, 0.3) is 0 Å². The second-order valence-corrected chi connectivity index (χ2v) is 6.27. The van der Waals surface area contributed by atoms with Crippen molar-refractivity contribution in [2.75, 3.05) is 14.2 Å². The van der Waals surface area contributed by atoms with Crippen LogP contribution < -0.4 is 0 Å². The van der Waals surface area contributed by atoms with E-state index < -0.39 is 9.28 Å². The molecule has 2 nitrogen and oxygen atoms in total. The maximum atomic E-state index is 5.36. The molecular formula is C10H22O2Si. The van der Waals surface area contributed by atoms with Crippen molar-refractivity contribution < 1.29 is 8.85 Å². The zero-order valence-corrected chi connectivity index (χ0v) is 10.1. The minimum atomic E-state index is -1.29. The summed E-state index contributed by atoms with van der Waals surface area (Å²) in [5, 5.41) is 0. The fourth-order valence-corrected chi connectivity index (χ4v) is 3.75. The zero-order chi connectivity index (χ0) is 9.52. The topological polar surface area (TPSA) is 18.5 Å². The largest absolute Gasteiger partial charge is 0.400 e. The van der Waals surface area contributed by atoms with E-state index in [0.29, 0.717) is 0 Å². The van der Waals surface area contributed by atoms with Crippen molar-refractivity contribution in [2.45, 2.75) is 44.6 Å². The summed E-state index contributed by atoms with van der Waals surface area (Å²) >= 11 is 0. The van der Waals surface area contributed by atoms with Crippen molar-refractivity contribution in [3.63, 3.8) is 0 Å². The molecule has 1 aliphatic carbocycles. The van der Waals surface area contributed by atoms with Crippen LogP contribution in [0.3, 0.4) is 0 Å². The number of hydrogen-bond acceptors (Lipinski definition) is 2. The lowest BCUT2D eigenvalue weighted by Gasteiger charge is -2.18. The Morgan fingerprint density at radius 1 is 1.00 bits per heavy atom. The van der Waals surface area contributed by atoms with Gasteiger partial charge in [-0.3, -0.25) is 0 Å². The summed E-state index contributed by atoms with van der Waals surface area (Å²) in [4.78, 5) is 0. The van der Waals surface area contributed by atoms with Crippen LogP contribution in [0.4, 0.5) is 0 Å². The minimum absolute atomic E-state index is 0.888. The van der Waals surface area contributed by atoms with Gasteiger partial charge in [0.2, 0.25) is 0 Å². The molecule has 0 atom stereocenters. The van der Waals surface area contributed by atoms with Crippen molar-refractivity contribution in [2.24, 2.45) is 5.92 Å². The second kappa shape index (κ2) is 6.57. The lowest BCUT2D eigenvalue weighted by Crippen LogP contribution is -2.22. The SMILES string of the molecule is CO[SiH](CC1CCCCCC1)OC. The maximum Gasteiger partial charge on any atom is 0.321 e. The van der Waals surface area contributed by atoms with Crippen LogP contribution in [0.2, 0.25) is 6.04 Å². The molecule has 1 rings (SSSR count). The van der Waals surface area contributed by atoms with E-state index in [4.69, 9.17) is 8.85 Å². The highest BCUT2D eigenvalue weighted by atomic mass is 28.3. The number of rotatable bonds is 4. The number of hydrogen-bond donors (Lipinski definition) is 0. The Hall–Kier alpha value is 0.137. The monoisotopic (exact) mass is 202 g/mol. The highest BCUT2D eigenvalue weighted by molar-refractivity contribution is 6.44. The fourth-order valence-electron chi connectivity index (χ4n) is 2.16. The molecule has 1 fully saturated rings. The molecule has 13 heavy (non-hydrogen) atoms. The third-order valence-electron chi connectivity index (χ3n) is 3.03. The molecule has 0 aromatic rings. The van der Waals surface area contributed by atoms with E-state index in [1.165, 1.54) is 44.6 Å². The summed E-state index contributed by atoms with van der Waals surface area (Å²) in [5.74, 6) is 0.888. The summed E-state index contributed by atoms with van der Waals surface area (Å²) in [6.45, 7) is 0. The Labute approximate surface area is 83.5 Å². The third-order valence-corrected chi connectivity index (χ3v) is 5.13. The molecule has 0 aromatic carbocycles. The van der Waals surface area contributed by atoms with E-state index in [9.17, 15) is 0 Å². The standard InChI is InChI=1S/C10H22O2Si/c1-11-13(12-2)9-10-7-5-3-4-6-8-10/h10,13H,3-9H2,1-2H3. The van der Waals surface area contributed by atoms with Gasteiger partial charge in [0.05, 0.1) is 0 Å². The van der Waals surface area contributed by atoms with Gasteiger partial charge in [-0.2, -0.15) is 0 Å². The van der Waals surface area contributed by atoms with Crippen molar-refractivity contribution >= 4 is 9.28 Å². The van der Waals surface area contributed by atoms with E-state index in [0.717, 1.165) is 5.92 Å². The van der Waals surface area contributed by atoms with Crippen molar-refractivity contribution in [1.82, 2.24) is 0 Å². The molecular weight excluding hydrogens is 180 g/mol. The predicted molar refractivity (Wildman–Crippen MR) is 57.2 cm³/mol. The summed E-state index contributed by atoms with van der Waals surface area (Å²) in [6.07, 6.45) is 8.50. The maximum absolute atomic E-state index is 5.36. The Morgan fingerprint density at radius 3 is 2.00 bits per heavy atom. The molecule has 0 bridgehead atoms. The summed E-state index contributed by atoms with van der Waals surface area (Å²) in [5.41, 5.74) is 0. The Morgan fingerprint density at radius 2 is 1.54 bits per heavy atom. The lowest BCUT2D eigenvalue weighted by atomic mass is 10.0. The van der Waals surface area contributed by atoms with Gasteiger partial charge in [-0.15, -0.1) is 0 Å². The summed E-state index contributed by atoms with van der Waals surface area (Å²) in [6, 6.07) is 1.22. The molecule has 0 saturated heterocycles. The summed E-state index contributed by atoms with van der Waals surface area (Å²) < 4.78 is 10.7. The van der Waals surface area contributed by atoms with Gasteiger partial charge in [0.15, 0.2) is 0 Å². The first-order valence-electron chi connectivity index (χ1n) is 5.42. The van der Waals surface area contributed by atoms with Crippen molar-refractivity contribution in [3.05, 3.63) is 0 Å². The van der Waals surface area contributed by atoms with E-state index in [1.54, 1.807) is 14.2 Å². The van der Waals surface area contributed by atoms with Crippen LogP contribution in [0.25, 0.3) is 0 Å². The molecule has 0 heterocycles. The molecule has 0 amide bonds. The molecule has 0 N–H and O–H groups in total. The van der Waals surface area contributed by atoms with Crippen LogP contribution in [0, 0.1) is 5.92 Å². The quantitative estimate of drug-likeness (QED) is 0.515. The molecule has 3 heteroatoms. The average Bonchev–Trinajstić information content (AvgIpc) is 2.42. The van der Waals surface area contributed by atoms with Gasteiger partial charge in [0.1, 0.15) is 0 Å². The van der Waals surface area contributed by atoms with Crippen LogP contribution in [0.15, 0.2) is 0 Å². The predicted octanol–water partition coefficient (Wildman–Crippen LogP) is 2.47. The Kier molecular flexibility index (Phi) is 5.67. The average molecular weight is 202 g/mol. The lowest BCUT2D eigenvalue weighted by molar-refractivity contribution is 0.266. The van der Waals surface area contributed by atoms with E-state index in [1.807, 2.05) is 0 Å². The van der Waals surface area contributed by atoms with E-state index in [2.05, 4.69) is 0 Å². The van der Waals surface area contributed by atoms with Crippen molar-refractivity contribution in [1.29, 1.82) is 0 Å². The molecule has 1 aliphatic rings. The molecule has 0 aromatic heterocycles. The van der Waals surface area contributed by atoms with Gasteiger partial charge in [-0.1, -0.05) is 38.5 Å². The van der Waals surface area contributed by atoms with Gasteiger partial charge in [0, 0.05) is 14.2 Å². The molecule has 0 unspecified atom stereocenters. The van der Waals surface area contributed by atoms with Crippen LogP contribution in [-0.4, -0.2) is 23.5 Å². The van der Waals surface area contributed by atoms with Gasteiger partial charge < -0.3 is 8.85 Å². The van der Waals surface area contributed by atoms with Crippen LogP contribution in [0.1, 0.15) is 38.5 Å². The summed E-state index contributed by atoms with van der Waals surface area (Å²) in [7, 11) is 2.29.